The van der Waals surface area contributed by atoms with Crippen molar-refractivity contribution >= 4 is 17.3 Å². The fraction of sp³-hybridized carbons (Fsp3) is 0.385. The molecule has 0 saturated carbocycles. The van der Waals surface area contributed by atoms with Crippen LogP contribution < -0.4 is 19.7 Å². The summed E-state index contributed by atoms with van der Waals surface area (Å²) in [5.74, 6) is 1.97. The van der Waals surface area contributed by atoms with E-state index in [0.29, 0.717) is 11.7 Å². The molecular formula is C26H30N4O4. The number of nitrogens with zero attached hydrogens (tertiary/aromatic N) is 3. The number of aromatic nitrogens is 2. The molecule has 8 nitrogen and oxygen atoms in total. The topological polar surface area (TPSA) is 78.0 Å². The Kier molecular flexibility index (Phi) is 7.07. The zero-order valence-electron chi connectivity index (χ0n) is 19.4. The van der Waals surface area contributed by atoms with Crippen molar-refractivity contribution in [3.8, 4) is 22.8 Å². The highest BCUT2D eigenvalue weighted by Gasteiger charge is 2.18. The predicted octanol–water partition coefficient (Wildman–Crippen LogP) is 4.29. The first-order valence-electron chi connectivity index (χ1n) is 11.7. The van der Waals surface area contributed by atoms with Crippen LogP contribution in [-0.2, 0) is 9.47 Å². The molecule has 8 heteroatoms. The molecule has 0 spiro atoms. The van der Waals surface area contributed by atoms with E-state index in [-0.39, 0.29) is 6.10 Å². The molecule has 5 rings (SSSR count). The summed E-state index contributed by atoms with van der Waals surface area (Å²) in [6.45, 7) is 4.85. The Morgan fingerprint density at radius 3 is 2.44 bits per heavy atom. The molecule has 2 aromatic carbocycles. The molecule has 2 fully saturated rings. The van der Waals surface area contributed by atoms with Gasteiger partial charge in [0.25, 0.3) is 0 Å². The van der Waals surface area contributed by atoms with Gasteiger partial charge in [0.2, 0.25) is 5.95 Å². The number of hydrogen-bond acceptors (Lipinski definition) is 8. The second kappa shape index (κ2) is 10.7. The Hall–Kier alpha value is -3.36. The maximum atomic E-state index is 6.16. The van der Waals surface area contributed by atoms with E-state index in [2.05, 4.69) is 27.3 Å². The minimum atomic E-state index is 0.151. The molecule has 178 valence electrons. The first-order chi connectivity index (χ1) is 16.8. The summed E-state index contributed by atoms with van der Waals surface area (Å²) in [5, 5.41) is 3.31. The first kappa shape index (κ1) is 22.4. The van der Waals surface area contributed by atoms with E-state index in [1.807, 2.05) is 36.4 Å². The molecule has 0 aliphatic carbocycles. The van der Waals surface area contributed by atoms with Crippen LogP contribution in [0, 0.1) is 0 Å². The zero-order valence-corrected chi connectivity index (χ0v) is 19.4. The molecule has 2 saturated heterocycles. The van der Waals surface area contributed by atoms with E-state index >= 15 is 0 Å². The van der Waals surface area contributed by atoms with E-state index in [4.69, 9.17) is 23.9 Å². The van der Waals surface area contributed by atoms with E-state index < -0.39 is 0 Å². The molecule has 2 aliphatic heterocycles. The van der Waals surface area contributed by atoms with Crippen molar-refractivity contribution in [2.45, 2.75) is 18.9 Å². The molecule has 0 amide bonds. The van der Waals surface area contributed by atoms with Gasteiger partial charge in [0.1, 0.15) is 6.10 Å². The lowest BCUT2D eigenvalue weighted by molar-refractivity contribution is 0.0245. The summed E-state index contributed by atoms with van der Waals surface area (Å²) < 4.78 is 22.6. The Balaban J connectivity index is 1.28. The normalized spacial score (nSPS) is 16.8. The standard InChI is InChI=1S/C26H30N4O4/c1-31-25-18-19(2-7-24(25)34-22-9-14-32-15-10-22)23-8-11-27-26(29-23)28-20-3-5-21(6-4-20)30-12-16-33-17-13-30/h2-8,11,18,22H,9-10,12-17H2,1H3,(H,27,28,29). The van der Waals surface area contributed by atoms with Gasteiger partial charge >= 0.3 is 0 Å². The van der Waals surface area contributed by atoms with Gasteiger partial charge in [-0.05, 0) is 48.5 Å². The van der Waals surface area contributed by atoms with Crippen LogP contribution in [0.3, 0.4) is 0 Å². The van der Waals surface area contributed by atoms with Gasteiger partial charge in [-0.1, -0.05) is 0 Å². The van der Waals surface area contributed by atoms with Crippen molar-refractivity contribution in [3.63, 3.8) is 0 Å². The van der Waals surface area contributed by atoms with Crippen LogP contribution in [0.2, 0.25) is 0 Å². The first-order valence-corrected chi connectivity index (χ1v) is 11.7. The zero-order chi connectivity index (χ0) is 23.2. The van der Waals surface area contributed by atoms with Gasteiger partial charge in [0.05, 0.1) is 39.2 Å². The van der Waals surface area contributed by atoms with Crippen molar-refractivity contribution in [1.29, 1.82) is 0 Å². The van der Waals surface area contributed by atoms with Gasteiger partial charge in [-0.2, -0.15) is 0 Å². The number of hydrogen-bond donors (Lipinski definition) is 1. The summed E-state index contributed by atoms with van der Waals surface area (Å²) >= 11 is 0. The fourth-order valence-corrected chi connectivity index (χ4v) is 4.18. The summed E-state index contributed by atoms with van der Waals surface area (Å²) in [7, 11) is 1.66. The lowest BCUT2D eigenvalue weighted by Gasteiger charge is -2.28. The van der Waals surface area contributed by atoms with Crippen LogP contribution in [0.5, 0.6) is 11.5 Å². The number of benzene rings is 2. The molecule has 1 aromatic heterocycles. The van der Waals surface area contributed by atoms with Crippen LogP contribution in [-0.4, -0.2) is 62.7 Å². The molecule has 2 aliphatic rings. The number of nitrogens with one attached hydrogen (secondary N) is 1. The maximum Gasteiger partial charge on any atom is 0.227 e. The minimum Gasteiger partial charge on any atom is -0.493 e. The summed E-state index contributed by atoms with van der Waals surface area (Å²) in [4.78, 5) is 11.4. The van der Waals surface area contributed by atoms with E-state index in [0.717, 1.165) is 75.1 Å². The SMILES string of the molecule is COc1cc(-c2ccnc(Nc3ccc(N4CCOCC4)cc3)n2)ccc1OC1CCOCC1. The van der Waals surface area contributed by atoms with Gasteiger partial charge in [-0.25, -0.2) is 9.97 Å². The molecule has 0 unspecified atom stereocenters. The van der Waals surface area contributed by atoms with Crippen molar-refractivity contribution in [3.05, 3.63) is 54.7 Å². The molecule has 0 atom stereocenters. The summed E-state index contributed by atoms with van der Waals surface area (Å²) in [5.41, 5.74) is 3.87. The van der Waals surface area contributed by atoms with Crippen molar-refractivity contribution in [2.75, 3.05) is 56.8 Å². The number of methoxy groups -OCH3 is 1. The number of ether oxygens (including phenoxy) is 4. The van der Waals surface area contributed by atoms with Gasteiger partial charge in [-0.3, -0.25) is 0 Å². The van der Waals surface area contributed by atoms with Crippen LogP contribution in [0.25, 0.3) is 11.3 Å². The molecule has 0 radical (unpaired) electrons. The fourth-order valence-electron chi connectivity index (χ4n) is 4.18. The second-order valence-corrected chi connectivity index (χ2v) is 8.33. The van der Waals surface area contributed by atoms with Gasteiger partial charge in [0.15, 0.2) is 11.5 Å². The lowest BCUT2D eigenvalue weighted by Crippen LogP contribution is -2.36. The van der Waals surface area contributed by atoms with Crippen LogP contribution in [0.15, 0.2) is 54.7 Å². The van der Waals surface area contributed by atoms with Crippen LogP contribution in [0.1, 0.15) is 12.8 Å². The lowest BCUT2D eigenvalue weighted by atomic mass is 10.1. The molecule has 3 heterocycles. The molecule has 34 heavy (non-hydrogen) atoms. The second-order valence-electron chi connectivity index (χ2n) is 8.33. The average molecular weight is 463 g/mol. The average Bonchev–Trinajstić information content (AvgIpc) is 2.91. The molecule has 0 bridgehead atoms. The number of morpholine rings is 1. The molecular weight excluding hydrogens is 432 g/mol. The van der Waals surface area contributed by atoms with Gasteiger partial charge in [-0.15, -0.1) is 0 Å². The van der Waals surface area contributed by atoms with Crippen molar-refractivity contribution in [1.82, 2.24) is 9.97 Å². The van der Waals surface area contributed by atoms with Crippen molar-refractivity contribution in [2.24, 2.45) is 0 Å². The summed E-state index contributed by atoms with van der Waals surface area (Å²) in [6, 6.07) is 16.1. The largest absolute Gasteiger partial charge is 0.493 e. The highest BCUT2D eigenvalue weighted by molar-refractivity contribution is 5.66. The monoisotopic (exact) mass is 462 g/mol. The van der Waals surface area contributed by atoms with E-state index in [9.17, 15) is 0 Å². The number of rotatable bonds is 7. The quantitative estimate of drug-likeness (QED) is 0.557. The van der Waals surface area contributed by atoms with Gasteiger partial charge in [0, 0.05) is 49.1 Å². The van der Waals surface area contributed by atoms with Crippen LogP contribution in [0.4, 0.5) is 17.3 Å². The third-order valence-electron chi connectivity index (χ3n) is 6.08. The Morgan fingerprint density at radius 1 is 0.912 bits per heavy atom. The predicted molar refractivity (Wildman–Crippen MR) is 131 cm³/mol. The minimum absolute atomic E-state index is 0.151. The molecule has 1 N–H and O–H groups in total. The highest BCUT2D eigenvalue weighted by atomic mass is 16.5. The van der Waals surface area contributed by atoms with E-state index in [1.54, 1.807) is 13.3 Å². The third-order valence-corrected chi connectivity index (χ3v) is 6.08. The smallest absolute Gasteiger partial charge is 0.227 e. The maximum absolute atomic E-state index is 6.16. The summed E-state index contributed by atoms with van der Waals surface area (Å²) in [6.07, 6.45) is 3.68. The van der Waals surface area contributed by atoms with E-state index in [1.165, 1.54) is 5.69 Å². The van der Waals surface area contributed by atoms with Crippen molar-refractivity contribution < 1.29 is 18.9 Å². The molecule has 3 aromatic rings. The third kappa shape index (κ3) is 5.40. The Bertz CT molecular complexity index is 1080. The Labute approximate surface area is 199 Å². The Morgan fingerprint density at radius 2 is 1.68 bits per heavy atom. The number of anilines is 3. The van der Waals surface area contributed by atoms with Gasteiger partial charge < -0.3 is 29.2 Å². The van der Waals surface area contributed by atoms with Crippen LogP contribution >= 0.6 is 0 Å². The highest BCUT2D eigenvalue weighted by Crippen LogP contribution is 2.34.